The number of likely N-dealkylation sites (N-methyl/N-ethyl adjacent to an activating group) is 1. The molecule has 1 aliphatic rings. The summed E-state index contributed by atoms with van der Waals surface area (Å²) in [6.45, 7) is 1.07. The first-order chi connectivity index (χ1) is 13.9. The molecule has 0 spiro atoms. The fraction of sp³-hybridized carbons (Fsp3) is 0.318. The van der Waals surface area contributed by atoms with Crippen molar-refractivity contribution >= 4 is 45.0 Å². The maximum atomic E-state index is 13.5. The van der Waals surface area contributed by atoms with Crippen LogP contribution in [0.3, 0.4) is 0 Å². The van der Waals surface area contributed by atoms with Crippen molar-refractivity contribution in [3.8, 4) is 0 Å². The van der Waals surface area contributed by atoms with Gasteiger partial charge >= 0.3 is 0 Å². The average molecular weight is 503 g/mol. The number of H-pyrrole nitrogens is 1. The zero-order valence-corrected chi connectivity index (χ0v) is 18.3. The van der Waals surface area contributed by atoms with Gasteiger partial charge < -0.3 is 9.88 Å². The zero-order valence-electron chi connectivity index (χ0n) is 16.2. The number of halogens is 1. The Balaban J connectivity index is 1.80. The standard InChI is InChI=1S/C22H22IN3O3/c1-25-9-5-4-6-16(25)13-20-21(18-7-2-3-8-19(18)24-20)22(27)14-10-15(23)12-17(11-14)26(28)29/h2-3,7-8,10-12,16,24H,4-6,9,13H2,1H3. The molecule has 0 bridgehead atoms. The van der Waals surface area contributed by atoms with Gasteiger partial charge in [0, 0.05) is 50.3 Å². The van der Waals surface area contributed by atoms with Gasteiger partial charge in [-0.15, -0.1) is 0 Å². The molecule has 3 aromatic rings. The lowest BCUT2D eigenvalue weighted by atomic mass is 9.94. The molecule has 1 atom stereocenters. The maximum absolute atomic E-state index is 13.5. The lowest BCUT2D eigenvalue weighted by molar-refractivity contribution is -0.385. The normalized spacial score (nSPS) is 17.5. The molecule has 2 heterocycles. The Kier molecular flexibility index (Phi) is 5.69. The van der Waals surface area contributed by atoms with Gasteiger partial charge in [-0.05, 0) is 61.2 Å². The van der Waals surface area contributed by atoms with Crippen LogP contribution in [0.15, 0.2) is 42.5 Å². The molecule has 1 unspecified atom stereocenters. The van der Waals surface area contributed by atoms with Crippen LogP contribution in [0.1, 0.15) is 40.9 Å². The topological polar surface area (TPSA) is 79.2 Å². The van der Waals surface area contributed by atoms with Crippen molar-refractivity contribution in [1.82, 2.24) is 9.88 Å². The number of nitrogens with one attached hydrogen (secondary N) is 1. The third kappa shape index (κ3) is 4.06. The molecule has 0 amide bonds. The van der Waals surface area contributed by atoms with Crippen molar-refractivity contribution in [1.29, 1.82) is 0 Å². The van der Waals surface area contributed by atoms with Crippen LogP contribution in [0.5, 0.6) is 0 Å². The number of para-hydroxylation sites is 1. The van der Waals surface area contributed by atoms with Gasteiger partial charge in [0.05, 0.1) is 10.5 Å². The van der Waals surface area contributed by atoms with Crippen molar-refractivity contribution in [2.75, 3.05) is 13.6 Å². The monoisotopic (exact) mass is 503 g/mol. The number of aromatic amines is 1. The molecule has 1 saturated heterocycles. The van der Waals surface area contributed by atoms with Crippen molar-refractivity contribution in [2.24, 2.45) is 0 Å². The van der Waals surface area contributed by atoms with Crippen LogP contribution in [0.25, 0.3) is 10.9 Å². The van der Waals surface area contributed by atoms with E-state index in [0.29, 0.717) is 20.7 Å². The van der Waals surface area contributed by atoms with E-state index in [1.165, 1.54) is 25.0 Å². The number of nitro groups is 1. The summed E-state index contributed by atoms with van der Waals surface area (Å²) >= 11 is 2.02. The quantitative estimate of drug-likeness (QED) is 0.232. The SMILES string of the molecule is CN1CCCCC1Cc1[nH]c2ccccc2c1C(=O)c1cc(I)cc([N+](=O)[O-])c1. The molecule has 0 aliphatic carbocycles. The summed E-state index contributed by atoms with van der Waals surface area (Å²) in [5.74, 6) is -0.169. The number of rotatable bonds is 5. The van der Waals surface area contributed by atoms with E-state index >= 15 is 0 Å². The maximum Gasteiger partial charge on any atom is 0.271 e. The fourth-order valence-electron chi connectivity index (χ4n) is 4.20. The van der Waals surface area contributed by atoms with Crippen LogP contribution in [0.2, 0.25) is 0 Å². The first-order valence-corrected chi connectivity index (χ1v) is 10.8. The van der Waals surface area contributed by atoms with Gasteiger partial charge in [0.1, 0.15) is 0 Å². The highest BCUT2D eigenvalue weighted by Gasteiger charge is 2.26. The highest BCUT2D eigenvalue weighted by molar-refractivity contribution is 14.1. The Morgan fingerprint density at radius 2 is 2.07 bits per heavy atom. The fourth-order valence-corrected chi connectivity index (χ4v) is 4.86. The second kappa shape index (κ2) is 8.23. The third-order valence-corrected chi connectivity index (χ3v) is 6.35. The second-order valence-electron chi connectivity index (χ2n) is 7.64. The lowest BCUT2D eigenvalue weighted by Crippen LogP contribution is -2.38. The van der Waals surface area contributed by atoms with Crippen LogP contribution >= 0.6 is 22.6 Å². The summed E-state index contributed by atoms with van der Waals surface area (Å²) in [6.07, 6.45) is 4.27. The summed E-state index contributed by atoms with van der Waals surface area (Å²) in [6, 6.07) is 12.7. The molecule has 1 fully saturated rings. The molecule has 6 nitrogen and oxygen atoms in total. The highest BCUT2D eigenvalue weighted by Crippen LogP contribution is 2.30. The number of hydrogen-bond acceptors (Lipinski definition) is 4. The minimum absolute atomic E-state index is 0.0614. The van der Waals surface area contributed by atoms with Gasteiger partial charge in [0.25, 0.3) is 5.69 Å². The van der Waals surface area contributed by atoms with Crippen LogP contribution in [-0.2, 0) is 6.42 Å². The van der Waals surface area contributed by atoms with Gasteiger partial charge in [-0.1, -0.05) is 24.6 Å². The molecule has 1 aliphatic heterocycles. The van der Waals surface area contributed by atoms with E-state index in [0.717, 1.165) is 36.0 Å². The lowest BCUT2D eigenvalue weighted by Gasteiger charge is -2.32. The Hall–Kier alpha value is -2.26. The number of carbonyl (C=O) groups is 1. The molecule has 0 radical (unpaired) electrons. The van der Waals surface area contributed by atoms with Crippen LogP contribution in [0.4, 0.5) is 5.69 Å². The number of piperidine rings is 1. The molecule has 0 saturated carbocycles. The van der Waals surface area contributed by atoms with Gasteiger partial charge in [0.2, 0.25) is 0 Å². The zero-order chi connectivity index (χ0) is 20.5. The minimum atomic E-state index is -0.452. The Bertz CT molecular complexity index is 1090. The van der Waals surface area contributed by atoms with Crippen molar-refractivity contribution in [3.05, 3.63) is 73.0 Å². The van der Waals surface area contributed by atoms with Gasteiger partial charge in [-0.25, -0.2) is 0 Å². The molecule has 1 aromatic heterocycles. The number of ketones is 1. The Labute approximate surface area is 182 Å². The first-order valence-electron chi connectivity index (χ1n) is 9.73. The van der Waals surface area contributed by atoms with Gasteiger partial charge in [-0.2, -0.15) is 0 Å². The average Bonchev–Trinajstić information content (AvgIpc) is 3.06. The number of nitrogens with zero attached hydrogens (tertiary/aromatic N) is 2. The Morgan fingerprint density at radius 1 is 1.28 bits per heavy atom. The Morgan fingerprint density at radius 3 is 2.83 bits per heavy atom. The number of fused-ring (bicyclic) bond motifs is 1. The number of non-ortho nitro benzene ring substituents is 1. The molecular weight excluding hydrogens is 481 g/mol. The minimum Gasteiger partial charge on any atom is -0.358 e. The van der Waals surface area contributed by atoms with E-state index in [1.807, 2.05) is 46.9 Å². The molecule has 4 rings (SSSR count). The number of carbonyl (C=O) groups excluding carboxylic acids is 1. The van der Waals surface area contributed by atoms with Gasteiger partial charge in [-0.3, -0.25) is 14.9 Å². The number of aromatic nitrogens is 1. The van der Waals surface area contributed by atoms with Crippen molar-refractivity contribution in [3.63, 3.8) is 0 Å². The first kappa shape index (κ1) is 20.0. The summed E-state index contributed by atoms with van der Waals surface area (Å²) < 4.78 is 0.675. The molecule has 2 aromatic carbocycles. The van der Waals surface area contributed by atoms with Crippen LogP contribution < -0.4 is 0 Å². The number of likely N-dealkylation sites (tertiary alicyclic amines) is 1. The molecular formula is C22H22IN3O3. The van der Waals surface area contributed by atoms with Crippen LogP contribution in [-0.4, -0.2) is 40.2 Å². The largest absolute Gasteiger partial charge is 0.358 e. The van der Waals surface area contributed by atoms with E-state index in [4.69, 9.17) is 0 Å². The summed E-state index contributed by atoms with van der Waals surface area (Å²) in [5.41, 5.74) is 2.76. The smallest absolute Gasteiger partial charge is 0.271 e. The van der Waals surface area contributed by atoms with E-state index in [1.54, 1.807) is 6.07 Å². The van der Waals surface area contributed by atoms with E-state index in [9.17, 15) is 14.9 Å². The highest BCUT2D eigenvalue weighted by atomic mass is 127. The predicted octanol–water partition coefficient (Wildman–Crippen LogP) is 4.94. The molecule has 29 heavy (non-hydrogen) atoms. The molecule has 1 N–H and O–H groups in total. The third-order valence-electron chi connectivity index (χ3n) is 5.73. The van der Waals surface area contributed by atoms with Crippen molar-refractivity contribution in [2.45, 2.75) is 31.7 Å². The van der Waals surface area contributed by atoms with Gasteiger partial charge in [0.15, 0.2) is 5.78 Å². The van der Waals surface area contributed by atoms with E-state index in [2.05, 4.69) is 16.9 Å². The number of nitro benzene ring substituents is 1. The van der Waals surface area contributed by atoms with Crippen molar-refractivity contribution < 1.29 is 9.72 Å². The van der Waals surface area contributed by atoms with E-state index < -0.39 is 4.92 Å². The van der Waals surface area contributed by atoms with Crippen LogP contribution in [0, 0.1) is 13.7 Å². The molecule has 7 heteroatoms. The van der Waals surface area contributed by atoms with E-state index in [-0.39, 0.29) is 11.5 Å². The second-order valence-corrected chi connectivity index (χ2v) is 8.89. The predicted molar refractivity (Wildman–Crippen MR) is 122 cm³/mol. The molecule has 150 valence electrons. The summed E-state index contributed by atoms with van der Waals surface area (Å²) in [4.78, 5) is 30.2. The number of hydrogen-bond donors (Lipinski definition) is 1. The number of benzene rings is 2. The summed E-state index contributed by atoms with van der Waals surface area (Å²) in [5, 5.41) is 12.1. The summed E-state index contributed by atoms with van der Waals surface area (Å²) in [7, 11) is 2.14.